The lowest BCUT2D eigenvalue weighted by Gasteiger charge is -1.99. The van der Waals surface area contributed by atoms with E-state index in [0.717, 1.165) is 27.0 Å². The van der Waals surface area contributed by atoms with E-state index in [1.807, 2.05) is 46.5 Å². The fourth-order valence-electron chi connectivity index (χ4n) is 2.19. The molecule has 0 atom stereocenters. The Hall–Kier alpha value is -2.42. The largest absolute Gasteiger partial charge is 0.302 e. The highest BCUT2D eigenvalue weighted by atomic mass is 32.1. The molecule has 0 saturated heterocycles. The van der Waals surface area contributed by atoms with Crippen molar-refractivity contribution in [2.75, 3.05) is 5.32 Å². The van der Waals surface area contributed by atoms with Gasteiger partial charge in [-0.1, -0.05) is 12.1 Å². The Bertz CT molecular complexity index is 976. The summed E-state index contributed by atoms with van der Waals surface area (Å²) in [6, 6.07) is 9.69. The van der Waals surface area contributed by atoms with Crippen LogP contribution in [0.5, 0.6) is 0 Å². The minimum absolute atomic E-state index is 0.120. The summed E-state index contributed by atoms with van der Waals surface area (Å²) < 4.78 is 0. The van der Waals surface area contributed by atoms with Crippen molar-refractivity contribution in [2.24, 2.45) is 0 Å². The summed E-state index contributed by atoms with van der Waals surface area (Å²) in [6.07, 6.45) is 1.95. The van der Waals surface area contributed by atoms with E-state index >= 15 is 0 Å². The quantitative estimate of drug-likeness (QED) is 0.547. The van der Waals surface area contributed by atoms with Gasteiger partial charge in [0.25, 0.3) is 0 Å². The van der Waals surface area contributed by atoms with Gasteiger partial charge >= 0.3 is 0 Å². The van der Waals surface area contributed by atoms with Gasteiger partial charge in [-0.15, -0.1) is 34.0 Å². The first-order valence-electron chi connectivity index (χ1n) is 7.43. The van der Waals surface area contributed by atoms with Gasteiger partial charge in [-0.25, -0.2) is 9.97 Å². The molecule has 8 heteroatoms. The molecule has 5 nitrogen and oxygen atoms in total. The maximum Gasteiger partial charge on any atom is 0.232 e. The van der Waals surface area contributed by atoms with Crippen LogP contribution < -0.4 is 5.32 Å². The Morgan fingerprint density at radius 2 is 1.96 bits per heavy atom. The molecule has 4 aromatic rings. The highest BCUT2D eigenvalue weighted by Crippen LogP contribution is 2.28. The second kappa shape index (κ2) is 7.22. The number of carbonyl (C=O) groups excluding carboxylic acids is 1. The number of amides is 1. The number of nitrogens with zero attached hydrogens (tertiary/aromatic N) is 3. The molecule has 4 heterocycles. The summed E-state index contributed by atoms with van der Waals surface area (Å²) in [4.78, 5) is 26.5. The number of anilines is 1. The molecule has 0 aliphatic heterocycles. The van der Waals surface area contributed by atoms with Crippen molar-refractivity contribution in [3.8, 4) is 21.3 Å². The van der Waals surface area contributed by atoms with Crippen LogP contribution in [0.3, 0.4) is 0 Å². The monoisotopic (exact) mass is 384 g/mol. The average molecular weight is 385 g/mol. The van der Waals surface area contributed by atoms with E-state index in [2.05, 4.69) is 20.3 Å². The van der Waals surface area contributed by atoms with Gasteiger partial charge in [0.05, 0.1) is 28.4 Å². The van der Waals surface area contributed by atoms with Crippen molar-refractivity contribution >= 4 is 45.0 Å². The van der Waals surface area contributed by atoms with Crippen LogP contribution in [0.4, 0.5) is 5.13 Å². The number of aromatic nitrogens is 3. The second-order valence-electron chi connectivity index (χ2n) is 5.10. The maximum absolute atomic E-state index is 12.2. The predicted octanol–water partition coefficient (Wildman–Crippen LogP) is 4.57. The summed E-state index contributed by atoms with van der Waals surface area (Å²) in [7, 11) is 0. The van der Waals surface area contributed by atoms with Gasteiger partial charge in [0, 0.05) is 17.0 Å². The highest BCUT2D eigenvalue weighted by molar-refractivity contribution is 7.16. The van der Waals surface area contributed by atoms with Gasteiger partial charge in [-0.05, 0) is 23.6 Å². The van der Waals surface area contributed by atoms with Crippen molar-refractivity contribution < 1.29 is 4.79 Å². The molecule has 1 amide bonds. The molecule has 0 unspecified atom stereocenters. The fourth-order valence-corrected chi connectivity index (χ4v) is 4.47. The number of thiazole rings is 2. The molecule has 0 bridgehead atoms. The van der Waals surface area contributed by atoms with Crippen molar-refractivity contribution in [2.45, 2.75) is 6.42 Å². The molecule has 0 saturated carbocycles. The van der Waals surface area contributed by atoms with Crippen LogP contribution in [0, 0.1) is 0 Å². The van der Waals surface area contributed by atoms with E-state index in [1.54, 1.807) is 17.5 Å². The van der Waals surface area contributed by atoms with Crippen molar-refractivity contribution in [3.05, 3.63) is 58.4 Å². The molecule has 25 heavy (non-hydrogen) atoms. The average Bonchev–Trinajstić information content (AvgIpc) is 3.37. The zero-order valence-electron chi connectivity index (χ0n) is 12.9. The van der Waals surface area contributed by atoms with Crippen LogP contribution in [0.15, 0.2) is 52.7 Å². The molecule has 4 rings (SSSR count). The molecule has 0 fully saturated rings. The third kappa shape index (κ3) is 3.81. The number of thiophene rings is 1. The second-order valence-corrected chi connectivity index (χ2v) is 7.76. The maximum atomic E-state index is 12.2. The van der Waals surface area contributed by atoms with Gasteiger partial charge in [-0.3, -0.25) is 9.78 Å². The normalized spacial score (nSPS) is 10.7. The molecule has 0 aliphatic rings. The van der Waals surface area contributed by atoms with E-state index < -0.39 is 0 Å². The van der Waals surface area contributed by atoms with E-state index in [0.29, 0.717) is 5.13 Å². The molecule has 4 aromatic heterocycles. The third-order valence-corrected chi connectivity index (χ3v) is 5.87. The summed E-state index contributed by atoms with van der Waals surface area (Å²) in [5, 5.41) is 10.1. The molecule has 0 aromatic carbocycles. The lowest BCUT2D eigenvalue weighted by Crippen LogP contribution is -2.14. The number of hydrogen-bond acceptors (Lipinski definition) is 7. The van der Waals surface area contributed by atoms with Gasteiger partial charge in [0.1, 0.15) is 5.01 Å². The molecular weight excluding hydrogens is 372 g/mol. The molecular formula is C17H12N4OS3. The van der Waals surface area contributed by atoms with E-state index in [1.165, 1.54) is 22.7 Å². The van der Waals surface area contributed by atoms with Gasteiger partial charge in [-0.2, -0.15) is 0 Å². The van der Waals surface area contributed by atoms with E-state index in [-0.39, 0.29) is 12.3 Å². The Morgan fingerprint density at radius 1 is 1.00 bits per heavy atom. The van der Waals surface area contributed by atoms with Crippen LogP contribution >= 0.6 is 34.0 Å². The lowest BCUT2D eigenvalue weighted by atomic mass is 10.3. The summed E-state index contributed by atoms with van der Waals surface area (Å²) in [5.74, 6) is -0.120. The lowest BCUT2D eigenvalue weighted by molar-refractivity contribution is -0.115. The molecule has 1 N–H and O–H groups in total. The van der Waals surface area contributed by atoms with Crippen molar-refractivity contribution in [1.82, 2.24) is 15.0 Å². The summed E-state index contributed by atoms with van der Waals surface area (Å²) in [5.41, 5.74) is 2.44. The standard InChI is InChI=1S/C17H12N4OS3/c22-15(21-17-20-13(10-25-17)14-5-3-7-23-14)8-11-9-24-16(19-11)12-4-1-2-6-18-12/h1-7,9-10H,8H2,(H,20,21,22). The van der Waals surface area contributed by atoms with Crippen molar-refractivity contribution in [1.29, 1.82) is 0 Å². The van der Waals surface area contributed by atoms with Gasteiger partial charge in [0.2, 0.25) is 5.91 Å². The van der Waals surface area contributed by atoms with Crippen LogP contribution in [-0.4, -0.2) is 20.9 Å². The van der Waals surface area contributed by atoms with Crippen LogP contribution in [-0.2, 0) is 11.2 Å². The van der Waals surface area contributed by atoms with Crippen LogP contribution in [0.1, 0.15) is 5.69 Å². The zero-order chi connectivity index (χ0) is 17.1. The Morgan fingerprint density at radius 3 is 2.76 bits per heavy atom. The highest BCUT2D eigenvalue weighted by Gasteiger charge is 2.12. The van der Waals surface area contributed by atoms with Gasteiger partial charge in [0.15, 0.2) is 5.13 Å². The van der Waals surface area contributed by atoms with Crippen LogP contribution in [0.2, 0.25) is 0 Å². The van der Waals surface area contributed by atoms with Crippen molar-refractivity contribution in [3.63, 3.8) is 0 Å². The number of carbonyl (C=O) groups is 1. The van der Waals surface area contributed by atoms with Gasteiger partial charge < -0.3 is 5.32 Å². The Kier molecular flexibility index (Phi) is 4.64. The number of rotatable bonds is 5. The Labute approximate surface area is 156 Å². The zero-order valence-corrected chi connectivity index (χ0v) is 15.3. The summed E-state index contributed by atoms with van der Waals surface area (Å²) >= 11 is 4.54. The first kappa shape index (κ1) is 16.1. The third-order valence-electron chi connectivity index (χ3n) is 3.30. The number of hydrogen-bond donors (Lipinski definition) is 1. The molecule has 0 radical (unpaired) electrons. The predicted molar refractivity (Wildman–Crippen MR) is 103 cm³/mol. The SMILES string of the molecule is O=C(Cc1csc(-c2ccccn2)n1)Nc1nc(-c2cccs2)cs1. The van der Waals surface area contributed by atoms with E-state index in [4.69, 9.17) is 0 Å². The minimum Gasteiger partial charge on any atom is -0.302 e. The summed E-state index contributed by atoms with van der Waals surface area (Å²) in [6.45, 7) is 0. The number of nitrogens with one attached hydrogen (secondary N) is 1. The first-order valence-corrected chi connectivity index (χ1v) is 10.1. The fraction of sp³-hybridized carbons (Fsp3) is 0.0588. The Balaban J connectivity index is 1.40. The topological polar surface area (TPSA) is 67.8 Å². The van der Waals surface area contributed by atoms with Crippen LogP contribution in [0.25, 0.3) is 21.3 Å². The van der Waals surface area contributed by atoms with E-state index in [9.17, 15) is 4.79 Å². The molecule has 124 valence electrons. The number of pyridine rings is 1. The molecule has 0 spiro atoms. The smallest absolute Gasteiger partial charge is 0.232 e. The first-order chi connectivity index (χ1) is 12.3. The minimum atomic E-state index is -0.120. The molecule has 0 aliphatic carbocycles.